The molecule has 0 fully saturated rings. The van der Waals surface area contributed by atoms with Crippen molar-refractivity contribution in [3.63, 3.8) is 0 Å². The zero-order valence-corrected chi connectivity index (χ0v) is 21.9. The van der Waals surface area contributed by atoms with E-state index in [0.717, 1.165) is 17.7 Å². The minimum absolute atomic E-state index is 0.0659. The minimum atomic E-state index is -0.179. The van der Waals surface area contributed by atoms with Gasteiger partial charge >= 0.3 is 0 Å². The van der Waals surface area contributed by atoms with E-state index in [1.165, 1.54) is 0 Å². The Morgan fingerprint density at radius 3 is 2.50 bits per heavy atom. The van der Waals surface area contributed by atoms with Crippen LogP contribution in [-0.4, -0.2) is 59.2 Å². The van der Waals surface area contributed by atoms with Crippen molar-refractivity contribution in [1.29, 1.82) is 0 Å². The number of carbonyl (C=O) groups is 2. The zero-order valence-electron chi connectivity index (χ0n) is 21.9. The van der Waals surface area contributed by atoms with Crippen molar-refractivity contribution in [2.24, 2.45) is 5.41 Å². The lowest BCUT2D eigenvalue weighted by molar-refractivity contribution is 0.0794. The van der Waals surface area contributed by atoms with Gasteiger partial charge in [-0.25, -0.2) is 9.67 Å². The number of pyridine rings is 1. The molecule has 4 rings (SSSR count). The molecule has 1 aliphatic carbocycles. The lowest BCUT2D eigenvalue weighted by Crippen LogP contribution is -2.28. The SMILES string of the molecule is CCCN(C)C(=O)c1ccc(-n2nc(Cc3ccc(OC)c(OC)c3)c3c2CC(C)(C)CC3=O)nc1. The Morgan fingerprint density at radius 1 is 1.11 bits per heavy atom. The van der Waals surface area contributed by atoms with Gasteiger partial charge in [-0.15, -0.1) is 0 Å². The van der Waals surface area contributed by atoms with Crippen molar-refractivity contribution in [2.75, 3.05) is 27.8 Å². The summed E-state index contributed by atoms with van der Waals surface area (Å²) in [7, 11) is 4.99. The Bertz CT molecular complexity index is 1280. The second-order valence-electron chi connectivity index (χ2n) is 10.1. The molecule has 1 aliphatic rings. The molecule has 0 atom stereocenters. The van der Waals surface area contributed by atoms with Gasteiger partial charge in [0.2, 0.25) is 0 Å². The summed E-state index contributed by atoms with van der Waals surface area (Å²) in [6, 6.07) is 9.29. The number of hydrogen-bond acceptors (Lipinski definition) is 6. The molecule has 1 aromatic carbocycles. The first-order valence-corrected chi connectivity index (χ1v) is 12.2. The summed E-state index contributed by atoms with van der Waals surface area (Å²) in [4.78, 5) is 32.2. The maximum atomic E-state index is 13.3. The number of rotatable bonds is 8. The molecular formula is C28H34N4O4. The van der Waals surface area contributed by atoms with Gasteiger partial charge in [-0.05, 0) is 48.1 Å². The van der Waals surface area contributed by atoms with Gasteiger partial charge in [0, 0.05) is 32.6 Å². The standard InChI is InChI=1S/C28H34N4O4/c1-7-12-31(4)27(34)19-9-11-25(29-17-19)32-21-15-28(2,3)16-22(33)26(21)20(30-32)13-18-8-10-23(35-5)24(14-18)36-6/h8-11,14,17H,7,12-13,15-16H2,1-6H3. The molecule has 36 heavy (non-hydrogen) atoms. The number of amides is 1. The number of benzene rings is 1. The first-order chi connectivity index (χ1) is 17.2. The molecule has 0 saturated heterocycles. The summed E-state index contributed by atoms with van der Waals surface area (Å²) in [6.45, 7) is 6.91. The maximum absolute atomic E-state index is 13.3. The van der Waals surface area contributed by atoms with Crippen LogP contribution >= 0.6 is 0 Å². The number of ketones is 1. The summed E-state index contributed by atoms with van der Waals surface area (Å²) >= 11 is 0. The van der Waals surface area contributed by atoms with Crippen LogP contribution in [0.25, 0.3) is 5.82 Å². The van der Waals surface area contributed by atoms with Crippen molar-refractivity contribution in [3.05, 3.63) is 64.6 Å². The van der Waals surface area contributed by atoms with Crippen molar-refractivity contribution in [2.45, 2.75) is 46.5 Å². The Labute approximate surface area is 212 Å². The highest BCUT2D eigenvalue weighted by Crippen LogP contribution is 2.38. The first kappa shape index (κ1) is 25.4. The maximum Gasteiger partial charge on any atom is 0.255 e. The summed E-state index contributed by atoms with van der Waals surface area (Å²) in [5.41, 5.74) is 3.56. The van der Waals surface area contributed by atoms with Gasteiger partial charge in [0.05, 0.1) is 36.7 Å². The van der Waals surface area contributed by atoms with Crippen LogP contribution in [0.2, 0.25) is 0 Å². The fraction of sp³-hybridized carbons (Fsp3) is 0.429. The highest BCUT2D eigenvalue weighted by atomic mass is 16.5. The number of methoxy groups -OCH3 is 2. The number of carbonyl (C=O) groups excluding carboxylic acids is 2. The van der Waals surface area contributed by atoms with Gasteiger partial charge in [-0.3, -0.25) is 9.59 Å². The zero-order chi connectivity index (χ0) is 26.0. The summed E-state index contributed by atoms with van der Waals surface area (Å²) in [6.07, 6.45) is 4.12. The number of hydrogen-bond donors (Lipinski definition) is 0. The van der Waals surface area contributed by atoms with E-state index in [4.69, 9.17) is 14.6 Å². The molecule has 0 spiro atoms. The van der Waals surface area contributed by atoms with Crippen LogP contribution in [0.1, 0.15) is 71.3 Å². The van der Waals surface area contributed by atoms with Crippen LogP contribution in [0, 0.1) is 5.41 Å². The van der Waals surface area contributed by atoms with Gasteiger partial charge in [-0.2, -0.15) is 5.10 Å². The molecule has 0 saturated carbocycles. The van der Waals surface area contributed by atoms with E-state index in [1.54, 1.807) is 49.2 Å². The third-order valence-corrected chi connectivity index (χ3v) is 6.55. The molecule has 2 aromatic heterocycles. The molecule has 2 heterocycles. The Hall–Kier alpha value is -3.68. The predicted octanol–water partition coefficient (Wildman–Crippen LogP) is 4.51. The van der Waals surface area contributed by atoms with E-state index in [0.29, 0.717) is 59.9 Å². The fourth-order valence-corrected chi connectivity index (χ4v) is 4.82. The van der Waals surface area contributed by atoms with Crippen LogP contribution in [0.15, 0.2) is 36.5 Å². The molecule has 190 valence electrons. The van der Waals surface area contributed by atoms with E-state index in [-0.39, 0.29) is 17.1 Å². The van der Waals surface area contributed by atoms with Crippen LogP contribution in [0.3, 0.4) is 0 Å². The van der Waals surface area contributed by atoms with Crippen LogP contribution in [0.4, 0.5) is 0 Å². The molecule has 0 aliphatic heterocycles. The van der Waals surface area contributed by atoms with E-state index in [1.807, 2.05) is 25.1 Å². The second-order valence-corrected chi connectivity index (χ2v) is 10.1. The van der Waals surface area contributed by atoms with Crippen molar-refractivity contribution in [3.8, 4) is 17.3 Å². The number of aromatic nitrogens is 3. The first-order valence-electron chi connectivity index (χ1n) is 12.2. The van der Waals surface area contributed by atoms with Gasteiger partial charge in [0.15, 0.2) is 23.1 Å². The summed E-state index contributed by atoms with van der Waals surface area (Å²) in [5.74, 6) is 1.89. The lowest BCUT2D eigenvalue weighted by Gasteiger charge is -2.29. The van der Waals surface area contributed by atoms with E-state index >= 15 is 0 Å². The van der Waals surface area contributed by atoms with E-state index in [2.05, 4.69) is 18.8 Å². The molecular weight excluding hydrogens is 456 g/mol. The molecule has 8 nitrogen and oxygen atoms in total. The highest BCUT2D eigenvalue weighted by Gasteiger charge is 2.37. The topological polar surface area (TPSA) is 86.5 Å². The summed E-state index contributed by atoms with van der Waals surface area (Å²) < 4.78 is 12.6. The Morgan fingerprint density at radius 2 is 1.86 bits per heavy atom. The molecule has 1 amide bonds. The molecule has 0 N–H and O–H groups in total. The van der Waals surface area contributed by atoms with Crippen LogP contribution < -0.4 is 9.47 Å². The third kappa shape index (κ3) is 4.98. The average molecular weight is 491 g/mol. The monoisotopic (exact) mass is 490 g/mol. The number of nitrogens with zero attached hydrogens (tertiary/aromatic N) is 4. The summed E-state index contributed by atoms with van der Waals surface area (Å²) in [5, 5.41) is 4.88. The largest absolute Gasteiger partial charge is 0.493 e. The van der Waals surface area contributed by atoms with Crippen LogP contribution in [-0.2, 0) is 12.8 Å². The van der Waals surface area contributed by atoms with Gasteiger partial charge in [-0.1, -0.05) is 26.8 Å². The minimum Gasteiger partial charge on any atom is -0.493 e. The van der Waals surface area contributed by atoms with Crippen molar-refractivity contribution < 1.29 is 19.1 Å². The highest BCUT2D eigenvalue weighted by molar-refractivity contribution is 6.00. The number of ether oxygens (including phenoxy) is 2. The Balaban J connectivity index is 1.74. The third-order valence-electron chi connectivity index (χ3n) is 6.55. The molecule has 3 aromatic rings. The van der Waals surface area contributed by atoms with E-state index < -0.39 is 0 Å². The smallest absolute Gasteiger partial charge is 0.255 e. The molecule has 0 bridgehead atoms. The van der Waals surface area contributed by atoms with Gasteiger partial charge < -0.3 is 14.4 Å². The normalized spacial score (nSPS) is 14.3. The predicted molar refractivity (Wildman–Crippen MR) is 137 cm³/mol. The lowest BCUT2D eigenvalue weighted by atomic mass is 9.75. The van der Waals surface area contributed by atoms with Crippen LogP contribution in [0.5, 0.6) is 11.5 Å². The van der Waals surface area contributed by atoms with Gasteiger partial charge in [0.25, 0.3) is 5.91 Å². The quantitative estimate of drug-likeness (QED) is 0.462. The Kier molecular flexibility index (Phi) is 7.15. The average Bonchev–Trinajstić information content (AvgIpc) is 3.20. The van der Waals surface area contributed by atoms with Crippen molar-refractivity contribution in [1.82, 2.24) is 19.7 Å². The number of Topliss-reactive ketones (excluding diaryl/α,β-unsaturated/α-hetero) is 1. The molecule has 8 heteroatoms. The fourth-order valence-electron chi connectivity index (χ4n) is 4.82. The molecule has 0 unspecified atom stereocenters. The van der Waals surface area contributed by atoms with Gasteiger partial charge in [0.1, 0.15) is 0 Å². The molecule has 0 radical (unpaired) electrons. The van der Waals surface area contributed by atoms with E-state index in [9.17, 15) is 9.59 Å². The number of fused-ring (bicyclic) bond motifs is 1. The van der Waals surface area contributed by atoms with Crippen molar-refractivity contribution >= 4 is 11.7 Å². The second kappa shape index (κ2) is 10.1.